The summed E-state index contributed by atoms with van der Waals surface area (Å²) in [5.41, 5.74) is 0. The molecule has 0 amide bonds. The molecule has 0 aliphatic carbocycles. The number of nitrogens with zero attached hydrogens (tertiary/aromatic N) is 4. The number of piperazine rings is 1. The van der Waals surface area contributed by atoms with Gasteiger partial charge in [-0.1, -0.05) is 0 Å². The third kappa shape index (κ3) is 3.51. The lowest BCUT2D eigenvalue weighted by molar-refractivity contribution is 0.582. The Morgan fingerprint density at radius 2 is 1.75 bits per heavy atom. The highest BCUT2D eigenvalue weighted by atomic mass is 79.9. The van der Waals surface area contributed by atoms with Crippen LogP contribution in [0.1, 0.15) is 0 Å². The van der Waals surface area contributed by atoms with Crippen molar-refractivity contribution < 1.29 is 12.8 Å². The van der Waals surface area contributed by atoms with Crippen molar-refractivity contribution in [2.24, 2.45) is 0 Å². The lowest BCUT2D eigenvalue weighted by atomic mass is 10.3. The third-order valence-corrected chi connectivity index (χ3v) is 5.37. The first kappa shape index (κ1) is 17.1. The minimum Gasteiger partial charge on any atom is -0.352 e. The van der Waals surface area contributed by atoms with Gasteiger partial charge in [-0.2, -0.15) is 0 Å². The van der Waals surface area contributed by atoms with Gasteiger partial charge in [-0.3, -0.25) is 0 Å². The van der Waals surface area contributed by atoms with Gasteiger partial charge in [0.05, 0.1) is 0 Å². The quantitative estimate of drug-likeness (QED) is 0.765. The predicted octanol–water partition coefficient (Wildman–Crippen LogP) is 2.11. The molecule has 24 heavy (non-hydrogen) atoms. The number of aromatic nitrogens is 2. The van der Waals surface area contributed by atoms with Gasteiger partial charge >= 0.3 is 0 Å². The second kappa shape index (κ2) is 6.64. The van der Waals surface area contributed by atoms with E-state index >= 15 is 0 Å². The second-order valence-electron chi connectivity index (χ2n) is 5.53. The largest absolute Gasteiger partial charge is 0.352 e. The zero-order valence-electron chi connectivity index (χ0n) is 13.0. The predicted molar refractivity (Wildman–Crippen MR) is 93.7 cm³/mol. The molecule has 0 unspecified atom stereocenters. The molecule has 3 rings (SSSR count). The average Bonchev–Trinajstić information content (AvgIpc) is 2.54. The Morgan fingerprint density at radius 3 is 2.33 bits per heavy atom. The number of rotatable bonds is 3. The number of sulfone groups is 1. The maximum Gasteiger partial charge on any atom is 0.179 e. The molecule has 0 saturated carbocycles. The van der Waals surface area contributed by atoms with Crippen molar-refractivity contribution in [1.29, 1.82) is 0 Å². The molecule has 2 aromatic heterocycles. The summed E-state index contributed by atoms with van der Waals surface area (Å²) in [5, 5.41) is 0. The van der Waals surface area contributed by atoms with E-state index in [9.17, 15) is 12.8 Å². The van der Waals surface area contributed by atoms with Crippen molar-refractivity contribution in [2.45, 2.75) is 4.90 Å². The summed E-state index contributed by atoms with van der Waals surface area (Å²) < 4.78 is 38.5. The molecule has 9 heteroatoms. The van der Waals surface area contributed by atoms with Crippen LogP contribution in [0.2, 0.25) is 0 Å². The van der Waals surface area contributed by atoms with Crippen LogP contribution in [0.5, 0.6) is 0 Å². The van der Waals surface area contributed by atoms with E-state index in [-0.39, 0.29) is 10.7 Å². The fraction of sp³-hybridized carbons (Fsp3) is 0.333. The van der Waals surface area contributed by atoms with Gasteiger partial charge in [0.25, 0.3) is 0 Å². The van der Waals surface area contributed by atoms with Crippen LogP contribution in [0.25, 0.3) is 0 Å². The Morgan fingerprint density at radius 1 is 1.12 bits per heavy atom. The summed E-state index contributed by atoms with van der Waals surface area (Å²) in [6.07, 6.45) is 4.31. The number of hydrogen-bond acceptors (Lipinski definition) is 6. The van der Waals surface area contributed by atoms with Crippen molar-refractivity contribution in [3.8, 4) is 0 Å². The fourth-order valence-corrected chi connectivity index (χ4v) is 3.82. The van der Waals surface area contributed by atoms with Crippen LogP contribution in [0, 0.1) is 5.82 Å². The molecule has 0 N–H and O–H groups in total. The molecule has 1 aliphatic heterocycles. The molecular formula is C15H16BrFN4O2S. The summed E-state index contributed by atoms with van der Waals surface area (Å²) in [6, 6.07) is 4.55. The van der Waals surface area contributed by atoms with Crippen LogP contribution in [0.15, 0.2) is 40.0 Å². The summed E-state index contributed by atoms with van der Waals surface area (Å²) in [7, 11) is -3.36. The number of halogens is 2. The summed E-state index contributed by atoms with van der Waals surface area (Å²) >= 11 is 3.19. The van der Waals surface area contributed by atoms with Gasteiger partial charge in [-0.05, 0) is 34.1 Å². The first-order chi connectivity index (χ1) is 11.4. The smallest absolute Gasteiger partial charge is 0.179 e. The van der Waals surface area contributed by atoms with E-state index in [2.05, 4.69) is 25.9 Å². The highest BCUT2D eigenvalue weighted by molar-refractivity contribution is 9.10. The summed E-state index contributed by atoms with van der Waals surface area (Å²) in [5.74, 6) is 0.374. The van der Waals surface area contributed by atoms with Crippen molar-refractivity contribution >= 4 is 37.4 Å². The molecule has 1 aliphatic rings. The lowest BCUT2D eigenvalue weighted by Crippen LogP contribution is -2.47. The SMILES string of the molecule is CS(=O)(=O)c1cccnc1N1CCN(c2ncc(Br)cc2F)CC1. The Labute approximate surface area is 148 Å². The average molecular weight is 415 g/mol. The molecule has 1 saturated heterocycles. The minimum absolute atomic E-state index is 0.214. The van der Waals surface area contributed by atoms with Gasteiger partial charge in [-0.25, -0.2) is 22.8 Å². The van der Waals surface area contributed by atoms with Crippen LogP contribution >= 0.6 is 15.9 Å². The summed E-state index contributed by atoms with van der Waals surface area (Å²) in [6.45, 7) is 2.14. The molecule has 2 aromatic rings. The Balaban J connectivity index is 1.79. The number of pyridine rings is 2. The molecule has 0 atom stereocenters. The van der Waals surface area contributed by atoms with Crippen molar-refractivity contribution in [3.05, 3.63) is 40.9 Å². The molecule has 3 heterocycles. The highest BCUT2D eigenvalue weighted by Crippen LogP contribution is 2.26. The van der Waals surface area contributed by atoms with E-state index in [1.807, 2.05) is 9.80 Å². The van der Waals surface area contributed by atoms with Gasteiger partial charge < -0.3 is 9.80 Å². The Kier molecular flexibility index (Phi) is 4.73. The van der Waals surface area contributed by atoms with Crippen LogP contribution in [-0.4, -0.2) is 50.8 Å². The van der Waals surface area contributed by atoms with Crippen LogP contribution in [0.4, 0.5) is 16.0 Å². The van der Waals surface area contributed by atoms with E-state index in [1.165, 1.54) is 12.3 Å². The molecule has 0 radical (unpaired) electrons. The third-order valence-electron chi connectivity index (χ3n) is 3.82. The first-order valence-corrected chi connectivity index (χ1v) is 10.0. The zero-order chi connectivity index (χ0) is 17.3. The van der Waals surface area contributed by atoms with E-state index < -0.39 is 9.84 Å². The van der Waals surface area contributed by atoms with E-state index in [4.69, 9.17) is 0 Å². The van der Waals surface area contributed by atoms with E-state index in [1.54, 1.807) is 24.5 Å². The van der Waals surface area contributed by atoms with Gasteiger partial charge in [0, 0.05) is 49.3 Å². The molecule has 0 aromatic carbocycles. The Hall–Kier alpha value is -1.74. The maximum absolute atomic E-state index is 14.0. The molecular weight excluding hydrogens is 399 g/mol. The van der Waals surface area contributed by atoms with Crippen LogP contribution < -0.4 is 9.80 Å². The van der Waals surface area contributed by atoms with Gasteiger partial charge in [0.15, 0.2) is 21.5 Å². The molecule has 0 bridgehead atoms. The fourth-order valence-electron chi connectivity index (χ4n) is 2.68. The standard InChI is InChI=1S/C15H16BrFN4O2S/c1-24(22,23)13-3-2-4-18-15(13)21-7-5-20(6-8-21)14-12(17)9-11(16)10-19-14/h2-4,9-10H,5-8H2,1H3. The monoisotopic (exact) mass is 414 g/mol. The molecule has 6 nitrogen and oxygen atoms in total. The lowest BCUT2D eigenvalue weighted by Gasteiger charge is -2.36. The normalized spacial score (nSPS) is 15.6. The molecule has 128 valence electrons. The first-order valence-electron chi connectivity index (χ1n) is 7.32. The van der Waals surface area contributed by atoms with Crippen molar-refractivity contribution in [2.75, 3.05) is 42.2 Å². The van der Waals surface area contributed by atoms with E-state index in [0.717, 1.165) is 0 Å². The van der Waals surface area contributed by atoms with Crippen molar-refractivity contribution in [3.63, 3.8) is 0 Å². The zero-order valence-corrected chi connectivity index (χ0v) is 15.4. The maximum atomic E-state index is 14.0. The highest BCUT2D eigenvalue weighted by Gasteiger charge is 2.25. The van der Waals surface area contributed by atoms with Gasteiger partial charge in [0.1, 0.15) is 10.7 Å². The minimum atomic E-state index is -3.36. The molecule has 1 fully saturated rings. The van der Waals surface area contributed by atoms with E-state index in [0.29, 0.717) is 42.3 Å². The molecule has 0 spiro atoms. The topological polar surface area (TPSA) is 66.4 Å². The number of anilines is 2. The van der Waals surface area contributed by atoms with Crippen LogP contribution in [-0.2, 0) is 9.84 Å². The van der Waals surface area contributed by atoms with Crippen LogP contribution in [0.3, 0.4) is 0 Å². The summed E-state index contributed by atoms with van der Waals surface area (Å²) in [4.78, 5) is 12.3. The number of hydrogen-bond donors (Lipinski definition) is 0. The second-order valence-corrected chi connectivity index (χ2v) is 8.43. The van der Waals surface area contributed by atoms with Crippen molar-refractivity contribution in [1.82, 2.24) is 9.97 Å². The van der Waals surface area contributed by atoms with Gasteiger partial charge in [-0.15, -0.1) is 0 Å². The Bertz CT molecular complexity index is 854. The van der Waals surface area contributed by atoms with Gasteiger partial charge in [0.2, 0.25) is 0 Å².